The molecule has 3 rings (SSSR count). The van der Waals surface area contributed by atoms with Crippen LogP contribution in [0, 0.1) is 0 Å². The highest BCUT2D eigenvalue weighted by Crippen LogP contribution is 2.24. The molecule has 0 radical (unpaired) electrons. The van der Waals surface area contributed by atoms with Crippen LogP contribution in [0.5, 0.6) is 0 Å². The molecule has 5 heteroatoms. The Bertz CT molecular complexity index is 856. The SMILES string of the molecule is COC(=O)c1ccc2c(c1)c(CCN)cn2CCCc1cccnc1. The first-order chi connectivity index (χ1) is 12.2. The number of pyridine rings is 1. The number of aromatic nitrogens is 2. The molecule has 0 fully saturated rings. The van der Waals surface area contributed by atoms with Crippen molar-refractivity contribution >= 4 is 16.9 Å². The zero-order valence-electron chi connectivity index (χ0n) is 14.4. The topological polar surface area (TPSA) is 70.1 Å². The number of nitrogens with two attached hydrogens (primary N) is 1. The second kappa shape index (κ2) is 7.94. The van der Waals surface area contributed by atoms with Crippen LogP contribution in [0.15, 0.2) is 48.9 Å². The molecule has 0 spiro atoms. The zero-order valence-corrected chi connectivity index (χ0v) is 14.4. The molecule has 2 N–H and O–H groups in total. The molecule has 0 aliphatic carbocycles. The molecule has 0 saturated heterocycles. The predicted octanol–water partition coefficient (Wildman–Crippen LogP) is 2.96. The first kappa shape index (κ1) is 17.2. The maximum absolute atomic E-state index is 11.8. The van der Waals surface area contributed by atoms with Crippen molar-refractivity contribution < 1.29 is 9.53 Å². The van der Waals surface area contributed by atoms with E-state index in [9.17, 15) is 4.79 Å². The summed E-state index contributed by atoms with van der Waals surface area (Å²) < 4.78 is 7.08. The van der Waals surface area contributed by atoms with Crippen LogP contribution in [0.1, 0.15) is 27.9 Å². The van der Waals surface area contributed by atoms with Gasteiger partial charge in [-0.15, -0.1) is 0 Å². The van der Waals surface area contributed by atoms with E-state index in [4.69, 9.17) is 10.5 Å². The van der Waals surface area contributed by atoms with Gasteiger partial charge in [0.15, 0.2) is 0 Å². The Hall–Kier alpha value is -2.66. The van der Waals surface area contributed by atoms with E-state index >= 15 is 0 Å². The fraction of sp³-hybridized carbons (Fsp3) is 0.300. The fourth-order valence-corrected chi connectivity index (χ4v) is 3.15. The number of carbonyl (C=O) groups excluding carboxylic acids is 1. The quantitative estimate of drug-likeness (QED) is 0.673. The van der Waals surface area contributed by atoms with Gasteiger partial charge in [-0.05, 0) is 61.2 Å². The van der Waals surface area contributed by atoms with E-state index in [-0.39, 0.29) is 5.97 Å². The molecule has 0 saturated carbocycles. The van der Waals surface area contributed by atoms with Crippen molar-refractivity contribution in [1.29, 1.82) is 0 Å². The van der Waals surface area contributed by atoms with Crippen molar-refractivity contribution in [2.24, 2.45) is 5.73 Å². The lowest BCUT2D eigenvalue weighted by Crippen LogP contribution is -2.03. The first-order valence-electron chi connectivity index (χ1n) is 8.52. The molecule has 25 heavy (non-hydrogen) atoms. The molecule has 0 atom stereocenters. The van der Waals surface area contributed by atoms with E-state index in [0.29, 0.717) is 12.1 Å². The van der Waals surface area contributed by atoms with Crippen molar-refractivity contribution in [3.8, 4) is 0 Å². The van der Waals surface area contributed by atoms with Gasteiger partial charge in [-0.2, -0.15) is 0 Å². The minimum Gasteiger partial charge on any atom is -0.465 e. The molecule has 0 amide bonds. The van der Waals surface area contributed by atoms with Crippen molar-refractivity contribution in [1.82, 2.24) is 9.55 Å². The van der Waals surface area contributed by atoms with Crippen molar-refractivity contribution in [3.05, 3.63) is 65.6 Å². The molecule has 2 aromatic heterocycles. The number of carbonyl (C=O) groups is 1. The van der Waals surface area contributed by atoms with Crippen LogP contribution in [0.2, 0.25) is 0 Å². The zero-order chi connectivity index (χ0) is 17.6. The molecule has 5 nitrogen and oxygen atoms in total. The summed E-state index contributed by atoms with van der Waals surface area (Å²) in [5.74, 6) is -0.315. The van der Waals surface area contributed by atoms with Crippen molar-refractivity contribution in [2.45, 2.75) is 25.8 Å². The number of hydrogen-bond acceptors (Lipinski definition) is 4. The third kappa shape index (κ3) is 3.88. The van der Waals surface area contributed by atoms with Gasteiger partial charge in [-0.3, -0.25) is 4.98 Å². The summed E-state index contributed by atoms with van der Waals surface area (Å²) in [6, 6.07) is 9.78. The molecule has 2 heterocycles. The van der Waals surface area contributed by atoms with Gasteiger partial charge >= 0.3 is 5.97 Å². The number of nitrogens with zero attached hydrogens (tertiary/aromatic N) is 2. The van der Waals surface area contributed by atoms with Gasteiger partial charge in [-0.25, -0.2) is 4.79 Å². The highest BCUT2D eigenvalue weighted by Gasteiger charge is 2.12. The van der Waals surface area contributed by atoms with E-state index < -0.39 is 0 Å². The van der Waals surface area contributed by atoms with Crippen LogP contribution in [0.3, 0.4) is 0 Å². The number of methoxy groups -OCH3 is 1. The summed E-state index contributed by atoms with van der Waals surface area (Å²) in [5.41, 5.74) is 9.87. The highest BCUT2D eigenvalue weighted by atomic mass is 16.5. The second-order valence-corrected chi connectivity index (χ2v) is 6.07. The van der Waals surface area contributed by atoms with Gasteiger partial charge in [0, 0.05) is 36.0 Å². The predicted molar refractivity (Wildman–Crippen MR) is 98.6 cm³/mol. The van der Waals surface area contributed by atoms with Crippen LogP contribution in [0.4, 0.5) is 0 Å². The monoisotopic (exact) mass is 337 g/mol. The summed E-state index contributed by atoms with van der Waals surface area (Å²) in [4.78, 5) is 16.0. The number of benzene rings is 1. The van der Waals surface area contributed by atoms with Gasteiger partial charge in [0.25, 0.3) is 0 Å². The van der Waals surface area contributed by atoms with Crippen LogP contribution in [-0.2, 0) is 24.1 Å². The third-order valence-corrected chi connectivity index (χ3v) is 4.39. The van der Waals surface area contributed by atoms with Crippen molar-refractivity contribution in [2.75, 3.05) is 13.7 Å². The van der Waals surface area contributed by atoms with Gasteiger partial charge in [0.05, 0.1) is 12.7 Å². The summed E-state index contributed by atoms with van der Waals surface area (Å²) in [7, 11) is 1.40. The van der Waals surface area contributed by atoms with Gasteiger partial charge < -0.3 is 15.0 Å². The minimum atomic E-state index is -0.315. The summed E-state index contributed by atoms with van der Waals surface area (Å²) >= 11 is 0. The number of rotatable bonds is 7. The number of ether oxygens (including phenoxy) is 1. The summed E-state index contributed by atoms with van der Waals surface area (Å²) in [5, 5.41) is 1.08. The molecule has 0 bridgehead atoms. The number of fused-ring (bicyclic) bond motifs is 1. The minimum absolute atomic E-state index is 0.315. The molecule has 0 unspecified atom stereocenters. The lowest BCUT2D eigenvalue weighted by molar-refractivity contribution is 0.0601. The van der Waals surface area contributed by atoms with E-state index in [1.165, 1.54) is 18.2 Å². The third-order valence-electron chi connectivity index (χ3n) is 4.39. The molecular formula is C20H23N3O2. The Labute approximate surface area is 147 Å². The van der Waals surface area contributed by atoms with E-state index in [0.717, 1.165) is 36.7 Å². The van der Waals surface area contributed by atoms with Crippen LogP contribution in [-0.4, -0.2) is 29.2 Å². The Balaban J connectivity index is 1.83. The number of hydrogen-bond donors (Lipinski definition) is 1. The lowest BCUT2D eigenvalue weighted by atomic mass is 10.1. The van der Waals surface area contributed by atoms with Gasteiger partial charge in [0.2, 0.25) is 0 Å². The lowest BCUT2D eigenvalue weighted by Gasteiger charge is -2.06. The maximum atomic E-state index is 11.8. The standard InChI is InChI=1S/C20H23N3O2/c1-25-20(24)16-6-7-19-18(12-16)17(8-9-21)14-23(19)11-3-5-15-4-2-10-22-13-15/h2,4,6-7,10,12-14H,3,5,8-9,11,21H2,1H3. The van der Waals surface area contributed by atoms with Crippen LogP contribution < -0.4 is 5.73 Å². The maximum Gasteiger partial charge on any atom is 0.337 e. The van der Waals surface area contributed by atoms with Crippen LogP contribution >= 0.6 is 0 Å². The molecule has 3 aromatic rings. The van der Waals surface area contributed by atoms with Crippen LogP contribution in [0.25, 0.3) is 10.9 Å². The first-order valence-corrected chi connectivity index (χ1v) is 8.52. The fourth-order valence-electron chi connectivity index (χ4n) is 3.15. The van der Waals surface area contributed by atoms with E-state index in [1.807, 2.05) is 30.5 Å². The second-order valence-electron chi connectivity index (χ2n) is 6.07. The Morgan fingerprint density at radius 1 is 1.28 bits per heavy atom. The van der Waals surface area contributed by atoms with Crippen molar-refractivity contribution in [3.63, 3.8) is 0 Å². The number of aryl methyl sites for hydroxylation is 2. The van der Waals surface area contributed by atoms with Gasteiger partial charge in [0.1, 0.15) is 0 Å². The average molecular weight is 337 g/mol. The normalized spacial score (nSPS) is 11.0. The van der Waals surface area contributed by atoms with E-state index in [1.54, 1.807) is 6.20 Å². The summed E-state index contributed by atoms with van der Waals surface area (Å²) in [6.45, 7) is 1.49. The highest BCUT2D eigenvalue weighted by molar-refractivity contribution is 5.95. The number of esters is 1. The Kier molecular flexibility index (Phi) is 5.46. The molecule has 0 aliphatic rings. The molecule has 130 valence electrons. The Morgan fingerprint density at radius 2 is 2.16 bits per heavy atom. The molecule has 0 aliphatic heterocycles. The largest absolute Gasteiger partial charge is 0.465 e. The molecular weight excluding hydrogens is 314 g/mol. The van der Waals surface area contributed by atoms with Gasteiger partial charge in [-0.1, -0.05) is 6.07 Å². The Morgan fingerprint density at radius 3 is 2.88 bits per heavy atom. The smallest absolute Gasteiger partial charge is 0.337 e. The summed E-state index contributed by atoms with van der Waals surface area (Å²) in [6.07, 6.45) is 8.66. The molecule has 1 aromatic carbocycles. The average Bonchev–Trinajstić information content (AvgIpc) is 2.99. The van der Waals surface area contributed by atoms with E-state index in [2.05, 4.69) is 21.8 Å².